The highest BCUT2D eigenvalue weighted by atomic mass is 16.5. The van der Waals surface area contributed by atoms with Crippen molar-refractivity contribution >= 4 is 11.6 Å². The molecule has 182 valence electrons. The molecule has 3 aromatic rings. The van der Waals surface area contributed by atoms with E-state index >= 15 is 0 Å². The van der Waals surface area contributed by atoms with Crippen molar-refractivity contribution in [2.45, 2.75) is 59.5 Å². The minimum atomic E-state index is -0.558. The Kier molecular flexibility index (Phi) is 7.30. The van der Waals surface area contributed by atoms with Gasteiger partial charge in [-0.3, -0.25) is 4.57 Å². The van der Waals surface area contributed by atoms with E-state index in [1.165, 1.54) is 10.8 Å². The van der Waals surface area contributed by atoms with Crippen molar-refractivity contribution < 1.29 is 4.74 Å². The van der Waals surface area contributed by atoms with Crippen LogP contribution in [0.2, 0.25) is 0 Å². The first-order valence-electron chi connectivity index (χ1n) is 12.0. The Morgan fingerprint density at radius 1 is 1.14 bits per heavy atom. The molecule has 1 saturated carbocycles. The number of aryl methyl sites for hydroxylation is 1. The normalized spacial score (nSPS) is 17.5. The van der Waals surface area contributed by atoms with Crippen LogP contribution in [0.5, 0.6) is 11.6 Å². The highest BCUT2D eigenvalue weighted by Crippen LogP contribution is 2.30. The minimum absolute atomic E-state index is 0.255. The number of nitrogens with one attached hydrogen (secondary N) is 1. The number of hydrogen-bond acceptors (Lipinski definition) is 7. The summed E-state index contributed by atoms with van der Waals surface area (Å²) in [5, 5.41) is 12.1. The predicted molar refractivity (Wildman–Crippen MR) is 133 cm³/mol. The highest BCUT2D eigenvalue weighted by molar-refractivity contribution is 5.57. The maximum Gasteiger partial charge on any atom is 0.354 e. The number of hydrogen-bond donors (Lipinski definition) is 1. The van der Waals surface area contributed by atoms with Crippen LogP contribution in [-0.4, -0.2) is 19.1 Å². The maximum absolute atomic E-state index is 13.1. The van der Waals surface area contributed by atoms with Gasteiger partial charge in [0.05, 0.1) is 5.56 Å². The largest absolute Gasteiger partial charge is 0.439 e. The molecule has 0 atom stereocenters. The second-order valence-corrected chi connectivity index (χ2v) is 9.19. The number of ether oxygens (including phenoxy) is 1. The number of benzene rings is 1. The topological polar surface area (TPSA) is 115 Å². The Hall–Kier alpha value is -3.93. The molecule has 0 aliphatic heterocycles. The van der Waals surface area contributed by atoms with Crippen LogP contribution in [0.3, 0.4) is 0 Å². The van der Waals surface area contributed by atoms with Gasteiger partial charge < -0.3 is 10.1 Å². The van der Waals surface area contributed by atoms with Gasteiger partial charge in [-0.05, 0) is 68.4 Å². The Labute approximate surface area is 204 Å². The molecule has 0 radical (unpaired) electrons. The van der Waals surface area contributed by atoms with Crippen LogP contribution in [0.15, 0.2) is 46.1 Å². The standard InChI is InChI=1S/C26H30N6O3/c1-4-31-25(33)30-24(32(26(31)34)16-19-7-5-17(2)6-8-19)29-21-10-11-22(18(3)13-21)35-23-12-9-20(14-27)15-28-23/h9-13,15,17,19H,4-8,16H2,1-3H3,(H,29,30,33). The molecule has 1 aliphatic rings. The third-order valence-corrected chi connectivity index (χ3v) is 6.55. The summed E-state index contributed by atoms with van der Waals surface area (Å²) in [7, 11) is 0. The second kappa shape index (κ2) is 10.6. The van der Waals surface area contributed by atoms with Crippen molar-refractivity contribution in [2.24, 2.45) is 11.8 Å². The van der Waals surface area contributed by atoms with Crippen molar-refractivity contribution in [2.75, 3.05) is 5.32 Å². The van der Waals surface area contributed by atoms with Gasteiger partial charge in [0.2, 0.25) is 11.8 Å². The van der Waals surface area contributed by atoms with E-state index in [9.17, 15) is 9.59 Å². The van der Waals surface area contributed by atoms with Gasteiger partial charge in [-0.25, -0.2) is 19.1 Å². The summed E-state index contributed by atoms with van der Waals surface area (Å²) in [5.74, 6) is 2.34. The number of aromatic nitrogens is 4. The van der Waals surface area contributed by atoms with Crippen LogP contribution in [0.4, 0.5) is 11.6 Å². The summed E-state index contributed by atoms with van der Waals surface area (Å²) in [6, 6.07) is 10.8. The summed E-state index contributed by atoms with van der Waals surface area (Å²) in [6.45, 7) is 6.74. The first-order chi connectivity index (χ1) is 16.9. The van der Waals surface area contributed by atoms with Gasteiger partial charge in [-0.2, -0.15) is 10.2 Å². The van der Waals surface area contributed by atoms with Crippen molar-refractivity contribution in [3.05, 3.63) is 68.6 Å². The molecule has 0 spiro atoms. The zero-order chi connectivity index (χ0) is 24.9. The molecule has 1 N–H and O–H groups in total. The van der Waals surface area contributed by atoms with Crippen LogP contribution >= 0.6 is 0 Å². The van der Waals surface area contributed by atoms with E-state index in [2.05, 4.69) is 22.2 Å². The fourth-order valence-corrected chi connectivity index (χ4v) is 4.42. The number of nitriles is 1. The summed E-state index contributed by atoms with van der Waals surface area (Å²) in [5.41, 5.74) is 1.08. The zero-order valence-electron chi connectivity index (χ0n) is 20.3. The minimum Gasteiger partial charge on any atom is -0.439 e. The average molecular weight is 475 g/mol. The molecule has 1 fully saturated rings. The van der Waals surface area contributed by atoms with Gasteiger partial charge in [0, 0.05) is 31.0 Å². The summed E-state index contributed by atoms with van der Waals surface area (Å²) in [4.78, 5) is 34.0. The number of pyridine rings is 1. The summed E-state index contributed by atoms with van der Waals surface area (Å²) >= 11 is 0. The first-order valence-corrected chi connectivity index (χ1v) is 12.0. The lowest BCUT2D eigenvalue weighted by Gasteiger charge is -2.27. The zero-order valence-corrected chi connectivity index (χ0v) is 20.3. The summed E-state index contributed by atoms with van der Waals surface area (Å²) < 4.78 is 8.62. The van der Waals surface area contributed by atoms with Crippen LogP contribution in [0, 0.1) is 30.1 Å². The Morgan fingerprint density at radius 2 is 1.91 bits per heavy atom. The van der Waals surface area contributed by atoms with Crippen molar-refractivity contribution in [1.82, 2.24) is 19.1 Å². The fraction of sp³-hybridized carbons (Fsp3) is 0.423. The Bertz CT molecular complexity index is 1350. The molecule has 9 nitrogen and oxygen atoms in total. The highest BCUT2D eigenvalue weighted by Gasteiger charge is 2.22. The smallest absolute Gasteiger partial charge is 0.354 e. The van der Waals surface area contributed by atoms with E-state index in [0.29, 0.717) is 41.3 Å². The molecule has 0 bridgehead atoms. The molecule has 2 heterocycles. The molecule has 1 aromatic carbocycles. The molecule has 4 rings (SSSR count). The van der Waals surface area contributed by atoms with E-state index in [-0.39, 0.29) is 18.2 Å². The van der Waals surface area contributed by atoms with Crippen LogP contribution in [0.1, 0.15) is 50.7 Å². The van der Waals surface area contributed by atoms with Crippen LogP contribution < -0.4 is 21.4 Å². The molecule has 2 aromatic heterocycles. The monoisotopic (exact) mass is 474 g/mol. The van der Waals surface area contributed by atoms with Gasteiger partial charge in [-0.15, -0.1) is 0 Å². The van der Waals surface area contributed by atoms with Crippen molar-refractivity contribution in [3.63, 3.8) is 0 Å². The molecule has 35 heavy (non-hydrogen) atoms. The second-order valence-electron chi connectivity index (χ2n) is 9.19. The van der Waals surface area contributed by atoms with E-state index in [1.807, 2.05) is 19.1 Å². The van der Waals surface area contributed by atoms with Crippen LogP contribution in [0.25, 0.3) is 0 Å². The third-order valence-electron chi connectivity index (χ3n) is 6.55. The lowest BCUT2D eigenvalue weighted by Crippen LogP contribution is -2.43. The van der Waals surface area contributed by atoms with E-state index in [1.54, 1.807) is 35.8 Å². The van der Waals surface area contributed by atoms with E-state index in [0.717, 1.165) is 31.2 Å². The quantitative estimate of drug-likeness (QED) is 0.541. The molecule has 0 amide bonds. The molecular weight excluding hydrogens is 444 g/mol. The first kappa shape index (κ1) is 24.2. The van der Waals surface area contributed by atoms with Gasteiger partial charge >= 0.3 is 11.4 Å². The maximum atomic E-state index is 13.1. The third kappa shape index (κ3) is 5.60. The number of nitrogens with zero attached hydrogens (tertiary/aromatic N) is 5. The molecule has 1 aliphatic carbocycles. The lowest BCUT2D eigenvalue weighted by atomic mass is 9.83. The van der Waals surface area contributed by atoms with Gasteiger partial charge in [0.25, 0.3) is 0 Å². The van der Waals surface area contributed by atoms with Crippen molar-refractivity contribution in [3.8, 4) is 17.7 Å². The fourth-order valence-electron chi connectivity index (χ4n) is 4.42. The summed E-state index contributed by atoms with van der Waals surface area (Å²) in [6.07, 6.45) is 5.88. The molecule has 9 heteroatoms. The molecule has 0 unspecified atom stereocenters. The van der Waals surface area contributed by atoms with E-state index in [4.69, 9.17) is 10.00 Å². The Morgan fingerprint density at radius 3 is 2.54 bits per heavy atom. The SMILES string of the molecule is CCn1c(=O)nc(Nc2ccc(Oc3ccc(C#N)cn3)c(C)c2)n(CC2CCC(C)CC2)c1=O. The van der Waals surface area contributed by atoms with Crippen molar-refractivity contribution in [1.29, 1.82) is 5.26 Å². The lowest BCUT2D eigenvalue weighted by molar-refractivity contribution is 0.260. The number of anilines is 2. The molecular formula is C26H30N6O3. The van der Waals surface area contributed by atoms with Gasteiger partial charge in [-0.1, -0.05) is 19.8 Å². The van der Waals surface area contributed by atoms with Crippen LogP contribution in [-0.2, 0) is 13.1 Å². The average Bonchev–Trinajstić information content (AvgIpc) is 2.85. The van der Waals surface area contributed by atoms with Gasteiger partial charge in [0.15, 0.2) is 0 Å². The molecule has 0 saturated heterocycles. The number of rotatable bonds is 7. The predicted octanol–water partition coefficient (Wildman–Crippen LogP) is 4.36. The van der Waals surface area contributed by atoms with Gasteiger partial charge in [0.1, 0.15) is 11.8 Å². The Balaban J connectivity index is 1.58. The van der Waals surface area contributed by atoms with E-state index < -0.39 is 5.69 Å².